The molecule has 1 aliphatic carbocycles. The second-order valence-corrected chi connectivity index (χ2v) is 5.94. The van der Waals surface area contributed by atoms with Crippen LogP contribution in [0.4, 0.5) is 0 Å². The van der Waals surface area contributed by atoms with Crippen LogP contribution in [0.15, 0.2) is 54.7 Å². The number of carbonyl (C=O) groups is 3. The number of carbonyl (C=O) groups excluding carboxylic acids is 1. The number of ether oxygens (including phenoxy) is 1. The molecule has 1 heterocycles. The number of aromatic hydroxyl groups is 1. The fourth-order valence-corrected chi connectivity index (χ4v) is 3.07. The van der Waals surface area contributed by atoms with Gasteiger partial charge in [-0.15, -0.1) is 0 Å². The molecular weight excluding hydrogens is 378 g/mol. The Labute approximate surface area is 164 Å². The first kappa shape index (κ1) is 19.6. The van der Waals surface area contributed by atoms with Crippen LogP contribution in [0.25, 0.3) is 21.9 Å². The largest absolute Gasteiger partial charge is 0.504 e. The fourth-order valence-electron chi connectivity index (χ4n) is 3.07. The first-order valence-corrected chi connectivity index (χ1v) is 8.31. The van der Waals surface area contributed by atoms with Crippen LogP contribution >= 0.6 is 0 Å². The Morgan fingerprint density at radius 1 is 1.03 bits per heavy atom. The van der Waals surface area contributed by atoms with E-state index in [2.05, 4.69) is 4.98 Å². The lowest BCUT2D eigenvalue weighted by molar-refractivity contribution is -0.134. The standard InChI is InChI=1S/C17H11NO3.C4H4O4/c1-21-12-8-9-6-7-18-15-13(9)14(17(12)20)10-4-2-3-5-11(10)16(15)19;5-3(6)1-2-4(7)8/h2-8,20H,1H3;1-2H,(H,5,6)(H,7,8)/b;2-1+. The lowest BCUT2D eigenvalue weighted by Crippen LogP contribution is -2.12. The molecule has 0 radical (unpaired) electrons. The van der Waals surface area contributed by atoms with Crippen molar-refractivity contribution < 1.29 is 34.4 Å². The third kappa shape index (κ3) is 3.63. The molecule has 29 heavy (non-hydrogen) atoms. The lowest BCUT2D eigenvalue weighted by Gasteiger charge is -2.21. The quantitative estimate of drug-likeness (QED) is 0.452. The maximum atomic E-state index is 12.6. The second-order valence-electron chi connectivity index (χ2n) is 5.94. The van der Waals surface area contributed by atoms with Crippen LogP contribution < -0.4 is 4.74 Å². The van der Waals surface area contributed by atoms with Gasteiger partial charge >= 0.3 is 11.9 Å². The highest BCUT2D eigenvalue weighted by Crippen LogP contribution is 2.47. The molecule has 8 nitrogen and oxygen atoms in total. The molecule has 3 aromatic rings. The van der Waals surface area contributed by atoms with Crippen LogP contribution in [-0.4, -0.2) is 45.1 Å². The van der Waals surface area contributed by atoms with Crippen molar-refractivity contribution in [2.45, 2.75) is 0 Å². The lowest BCUT2D eigenvalue weighted by atomic mass is 9.84. The first-order chi connectivity index (χ1) is 13.8. The van der Waals surface area contributed by atoms with Crippen molar-refractivity contribution in [1.29, 1.82) is 0 Å². The zero-order chi connectivity index (χ0) is 21.1. The average molecular weight is 393 g/mol. The number of hydrogen-bond donors (Lipinski definition) is 3. The van der Waals surface area contributed by atoms with Crippen molar-refractivity contribution >= 4 is 28.5 Å². The van der Waals surface area contributed by atoms with Gasteiger partial charge < -0.3 is 20.1 Å². The van der Waals surface area contributed by atoms with Gasteiger partial charge in [-0.25, -0.2) is 9.59 Å². The van der Waals surface area contributed by atoms with Crippen LogP contribution in [0.2, 0.25) is 0 Å². The van der Waals surface area contributed by atoms with Crippen molar-refractivity contribution in [2.75, 3.05) is 7.11 Å². The monoisotopic (exact) mass is 393 g/mol. The molecule has 2 aromatic carbocycles. The third-order valence-electron chi connectivity index (χ3n) is 4.23. The van der Waals surface area contributed by atoms with E-state index in [1.807, 2.05) is 18.2 Å². The number of nitrogens with zero attached hydrogens (tertiary/aromatic N) is 1. The number of carboxylic acid groups (broad SMARTS) is 2. The van der Waals surface area contributed by atoms with Crippen molar-refractivity contribution in [2.24, 2.45) is 0 Å². The van der Waals surface area contributed by atoms with Gasteiger partial charge in [-0.3, -0.25) is 9.78 Å². The van der Waals surface area contributed by atoms with E-state index in [1.54, 1.807) is 24.4 Å². The summed E-state index contributed by atoms with van der Waals surface area (Å²) in [5.74, 6) is -2.20. The summed E-state index contributed by atoms with van der Waals surface area (Å²) in [6.07, 6.45) is 2.72. The number of phenolic OH excluding ortho intramolecular Hbond substituents is 1. The number of ketones is 1. The fraction of sp³-hybridized carbons (Fsp3) is 0.0476. The van der Waals surface area contributed by atoms with E-state index in [4.69, 9.17) is 14.9 Å². The average Bonchev–Trinajstić information content (AvgIpc) is 2.71. The predicted molar refractivity (Wildman–Crippen MR) is 103 cm³/mol. The highest BCUT2D eigenvalue weighted by molar-refractivity contribution is 6.25. The van der Waals surface area contributed by atoms with Gasteiger partial charge in [-0.05, 0) is 23.1 Å². The van der Waals surface area contributed by atoms with Gasteiger partial charge in [-0.1, -0.05) is 24.3 Å². The Balaban J connectivity index is 0.000000258. The number of pyridine rings is 1. The third-order valence-corrected chi connectivity index (χ3v) is 4.23. The number of aromatic nitrogens is 1. The Hall–Kier alpha value is -4.20. The second kappa shape index (κ2) is 7.81. The normalized spacial score (nSPS) is 11.6. The van der Waals surface area contributed by atoms with Gasteiger partial charge in [0.2, 0.25) is 5.78 Å². The maximum absolute atomic E-state index is 12.6. The van der Waals surface area contributed by atoms with E-state index < -0.39 is 11.9 Å². The SMILES string of the molecule is COc1cc2ccnc3c2c(c1O)-c1ccccc1C3=O.O=C(O)/C=C/C(=O)O. The summed E-state index contributed by atoms with van der Waals surface area (Å²) < 4.78 is 5.25. The molecule has 1 aromatic heterocycles. The number of hydrogen-bond acceptors (Lipinski definition) is 6. The molecule has 8 heteroatoms. The summed E-state index contributed by atoms with van der Waals surface area (Å²) >= 11 is 0. The number of methoxy groups -OCH3 is 1. The van der Waals surface area contributed by atoms with Gasteiger partial charge in [0.05, 0.1) is 7.11 Å². The molecule has 0 saturated heterocycles. The Bertz CT molecular complexity index is 1170. The minimum Gasteiger partial charge on any atom is -0.504 e. The molecule has 0 saturated carbocycles. The summed E-state index contributed by atoms with van der Waals surface area (Å²) in [7, 11) is 1.51. The van der Waals surface area contributed by atoms with Gasteiger partial charge in [0, 0.05) is 34.9 Å². The van der Waals surface area contributed by atoms with Crippen LogP contribution in [0, 0.1) is 0 Å². The van der Waals surface area contributed by atoms with E-state index >= 15 is 0 Å². The summed E-state index contributed by atoms with van der Waals surface area (Å²) in [6.45, 7) is 0. The van der Waals surface area contributed by atoms with Crippen LogP contribution in [0.3, 0.4) is 0 Å². The van der Waals surface area contributed by atoms with Crippen molar-refractivity contribution in [3.63, 3.8) is 0 Å². The van der Waals surface area contributed by atoms with Crippen molar-refractivity contribution in [1.82, 2.24) is 4.98 Å². The number of carboxylic acids is 2. The molecule has 146 valence electrons. The number of phenols is 1. The van der Waals surface area contributed by atoms with Gasteiger partial charge in [0.25, 0.3) is 0 Å². The van der Waals surface area contributed by atoms with Gasteiger partial charge in [0.1, 0.15) is 5.69 Å². The molecule has 3 N–H and O–H groups in total. The molecule has 4 rings (SSSR count). The molecule has 0 bridgehead atoms. The molecule has 1 aliphatic rings. The number of aliphatic carboxylic acids is 2. The minimum atomic E-state index is -1.26. The smallest absolute Gasteiger partial charge is 0.328 e. The van der Waals surface area contributed by atoms with Crippen LogP contribution in [0.5, 0.6) is 11.5 Å². The predicted octanol–water partition coefficient (Wildman–Crippen LogP) is 2.87. The maximum Gasteiger partial charge on any atom is 0.328 e. The summed E-state index contributed by atoms with van der Waals surface area (Å²) in [5, 5.41) is 27.6. The Kier molecular flexibility index (Phi) is 5.27. The van der Waals surface area contributed by atoms with Crippen LogP contribution in [0.1, 0.15) is 16.1 Å². The van der Waals surface area contributed by atoms with Crippen molar-refractivity contribution in [3.8, 4) is 22.6 Å². The molecule has 0 spiro atoms. The van der Waals surface area contributed by atoms with E-state index in [9.17, 15) is 19.5 Å². The number of rotatable bonds is 3. The molecule has 0 unspecified atom stereocenters. The summed E-state index contributed by atoms with van der Waals surface area (Å²) in [4.78, 5) is 35.9. The van der Waals surface area contributed by atoms with Crippen LogP contribution in [-0.2, 0) is 9.59 Å². The zero-order valence-electron chi connectivity index (χ0n) is 15.1. The summed E-state index contributed by atoms with van der Waals surface area (Å²) in [6, 6.07) is 10.8. The highest BCUT2D eigenvalue weighted by Gasteiger charge is 2.29. The van der Waals surface area contributed by atoms with E-state index in [0.29, 0.717) is 45.7 Å². The number of benzene rings is 2. The Morgan fingerprint density at radius 2 is 1.66 bits per heavy atom. The number of fused-ring (bicyclic) bond motifs is 2. The molecule has 0 amide bonds. The molecule has 0 atom stereocenters. The molecular formula is C21H15NO7. The van der Waals surface area contributed by atoms with Crippen molar-refractivity contribution in [3.05, 3.63) is 66.0 Å². The minimum absolute atomic E-state index is 0.0409. The van der Waals surface area contributed by atoms with Gasteiger partial charge in [0.15, 0.2) is 11.5 Å². The highest BCUT2D eigenvalue weighted by atomic mass is 16.5. The topological polar surface area (TPSA) is 134 Å². The van der Waals surface area contributed by atoms with E-state index in [1.165, 1.54) is 7.11 Å². The first-order valence-electron chi connectivity index (χ1n) is 8.31. The molecule has 0 fully saturated rings. The van der Waals surface area contributed by atoms with Gasteiger partial charge in [-0.2, -0.15) is 0 Å². The van der Waals surface area contributed by atoms with E-state index in [-0.39, 0.29) is 11.5 Å². The van der Waals surface area contributed by atoms with E-state index in [0.717, 1.165) is 5.39 Å². The Morgan fingerprint density at radius 3 is 2.24 bits per heavy atom. The summed E-state index contributed by atoms with van der Waals surface area (Å²) in [5.41, 5.74) is 2.25. The zero-order valence-corrected chi connectivity index (χ0v) is 15.1. The molecule has 0 aliphatic heterocycles.